The van der Waals surface area contributed by atoms with Crippen molar-refractivity contribution < 1.29 is 35.1 Å². The van der Waals surface area contributed by atoms with Crippen molar-refractivity contribution in [3.63, 3.8) is 0 Å². The van der Waals surface area contributed by atoms with E-state index in [-0.39, 0.29) is 11.4 Å². The van der Waals surface area contributed by atoms with Crippen LogP contribution < -0.4 is 0 Å². The van der Waals surface area contributed by atoms with Crippen molar-refractivity contribution in [2.45, 2.75) is 0 Å². The molecular formula is C22H10F8N2. The maximum atomic E-state index is 13.3. The van der Waals surface area contributed by atoms with Gasteiger partial charge in [0.05, 0.1) is 11.4 Å². The minimum Gasteiger partial charge on any atom is -0.256 e. The zero-order chi connectivity index (χ0) is 23.4. The maximum Gasteiger partial charge on any atom is 0.198 e. The molecule has 32 heavy (non-hydrogen) atoms. The molecule has 0 amide bonds. The van der Waals surface area contributed by atoms with Crippen molar-refractivity contribution in [2.75, 3.05) is 0 Å². The van der Waals surface area contributed by atoms with E-state index >= 15 is 0 Å². The van der Waals surface area contributed by atoms with Crippen molar-refractivity contribution >= 4 is 0 Å². The Morgan fingerprint density at radius 1 is 0.438 bits per heavy atom. The maximum absolute atomic E-state index is 13.3. The zero-order valence-electron chi connectivity index (χ0n) is 15.7. The van der Waals surface area contributed by atoms with Gasteiger partial charge in [0.25, 0.3) is 0 Å². The summed E-state index contributed by atoms with van der Waals surface area (Å²) in [7, 11) is 0. The third-order valence-corrected chi connectivity index (χ3v) is 4.09. The summed E-state index contributed by atoms with van der Waals surface area (Å²) in [5.41, 5.74) is -0.732. The van der Waals surface area contributed by atoms with Crippen LogP contribution in [0.2, 0.25) is 0 Å². The van der Waals surface area contributed by atoms with Crippen LogP contribution in [-0.2, 0) is 0 Å². The quantitative estimate of drug-likeness (QED) is 0.194. The lowest BCUT2D eigenvalue weighted by molar-refractivity contribution is 0.410. The van der Waals surface area contributed by atoms with Crippen LogP contribution in [-0.4, -0.2) is 9.97 Å². The predicted molar refractivity (Wildman–Crippen MR) is 99.0 cm³/mol. The second-order valence-corrected chi connectivity index (χ2v) is 6.13. The SMILES string of the molecule is Fc1cc(-c2ccccn2)c(F)c(F)c1F.Fc1cc(-c2ccccn2)c(F)c(F)c1F. The van der Waals surface area contributed by atoms with Crippen LogP contribution >= 0.6 is 0 Å². The van der Waals surface area contributed by atoms with Gasteiger partial charge in [0.15, 0.2) is 46.5 Å². The molecule has 10 heteroatoms. The van der Waals surface area contributed by atoms with E-state index < -0.39 is 57.7 Å². The van der Waals surface area contributed by atoms with Crippen molar-refractivity contribution in [1.29, 1.82) is 0 Å². The van der Waals surface area contributed by atoms with E-state index in [9.17, 15) is 35.1 Å². The molecule has 0 bridgehead atoms. The fourth-order valence-corrected chi connectivity index (χ4v) is 2.56. The van der Waals surface area contributed by atoms with Gasteiger partial charge in [0, 0.05) is 23.5 Å². The molecule has 0 aliphatic carbocycles. The van der Waals surface area contributed by atoms with Gasteiger partial charge < -0.3 is 0 Å². The van der Waals surface area contributed by atoms with Gasteiger partial charge in [-0.25, -0.2) is 35.1 Å². The van der Waals surface area contributed by atoms with Gasteiger partial charge in [0.1, 0.15) is 0 Å². The molecular weight excluding hydrogens is 444 g/mol. The van der Waals surface area contributed by atoms with E-state index in [0.717, 1.165) is 0 Å². The van der Waals surface area contributed by atoms with E-state index in [1.165, 1.54) is 36.7 Å². The largest absolute Gasteiger partial charge is 0.256 e. The second kappa shape index (κ2) is 9.54. The third kappa shape index (κ3) is 4.58. The fourth-order valence-electron chi connectivity index (χ4n) is 2.56. The summed E-state index contributed by atoms with van der Waals surface area (Å²) in [6, 6.07) is 10.1. The van der Waals surface area contributed by atoms with Crippen molar-refractivity contribution in [2.24, 2.45) is 0 Å². The van der Waals surface area contributed by atoms with E-state index in [1.807, 2.05) is 0 Å². The lowest BCUT2D eigenvalue weighted by Crippen LogP contribution is -1.99. The highest BCUT2D eigenvalue weighted by Gasteiger charge is 2.21. The predicted octanol–water partition coefficient (Wildman–Crippen LogP) is 6.61. The van der Waals surface area contributed by atoms with Crippen LogP contribution in [0.4, 0.5) is 35.1 Å². The highest BCUT2D eigenvalue weighted by Crippen LogP contribution is 2.27. The second-order valence-electron chi connectivity index (χ2n) is 6.13. The van der Waals surface area contributed by atoms with Crippen LogP contribution in [0.25, 0.3) is 22.5 Å². The minimum atomic E-state index is -1.83. The Hall–Kier alpha value is -3.82. The van der Waals surface area contributed by atoms with Crippen LogP contribution in [0, 0.1) is 46.5 Å². The Bertz CT molecular complexity index is 1150. The van der Waals surface area contributed by atoms with Gasteiger partial charge in [-0.3, -0.25) is 9.97 Å². The highest BCUT2D eigenvalue weighted by atomic mass is 19.2. The first-order valence-electron chi connectivity index (χ1n) is 8.71. The number of rotatable bonds is 2. The normalized spacial score (nSPS) is 10.5. The molecule has 0 unspecified atom stereocenters. The smallest absolute Gasteiger partial charge is 0.198 e. The van der Waals surface area contributed by atoms with Crippen LogP contribution in [0.3, 0.4) is 0 Å². The summed E-state index contributed by atoms with van der Waals surface area (Å²) in [4.78, 5) is 7.45. The summed E-state index contributed by atoms with van der Waals surface area (Å²) < 4.78 is 104. The lowest BCUT2D eigenvalue weighted by Gasteiger charge is -2.04. The Morgan fingerprint density at radius 2 is 0.812 bits per heavy atom. The van der Waals surface area contributed by atoms with Crippen molar-refractivity contribution in [1.82, 2.24) is 9.97 Å². The molecule has 2 aromatic carbocycles. The first kappa shape index (κ1) is 22.9. The van der Waals surface area contributed by atoms with Gasteiger partial charge in [-0.2, -0.15) is 0 Å². The summed E-state index contributed by atoms with van der Waals surface area (Å²) in [6.45, 7) is 0. The van der Waals surface area contributed by atoms with Crippen molar-refractivity contribution in [3.8, 4) is 22.5 Å². The average Bonchev–Trinajstić information content (AvgIpc) is 2.82. The van der Waals surface area contributed by atoms with Gasteiger partial charge in [-0.1, -0.05) is 12.1 Å². The Balaban J connectivity index is 0.000000181. The molecule has 0 radical (unpaired) electrons. The summed E-state index contributed by atoms with van der Waals surface area (Å²) in [5, 5.41) is 0. The standard InChI is InChI=1S/2C11H5F4N/c2*12-7-5-6(8-3-1-2-4-16-8)9(13)11(15)10(7)14/h2*1-5H. The summed E-state index contributed by atoms with van der Waals surface area (Å²) >= 11 is 0. The van der Waals surface area contributed by atoms with Crippen LogP contribution in [0.5, 0.6) is 0 Å². The molecule has 0 aliphatic heterocycles. The molecule has 4 aromatic rings. The zero-order valence-corrected chi connectivity index (χ0v) is 15.7. The lowest BCUT2D eigenvalue weighted by atomic mass is 10.1. The number of hydrogen-bond acceptors (Lipinski definition) is 2. The van der Waals surface area contributed by atoms with Crippen LogP contribution in [0.1, 0.15) is 0 Å². The number of pyridine rings is 2. The molecule has 0 N–H and O–H groups in total. The molecule has 0 atom stereocenters. The van der Waals surface area contributed by atoms with Gasteiger partial charge in [0.2, 0.25) is 0 Å². The Labute approximate surface area is 175 Å². The molecule has 164 valence electrons. The number of benzene rings is 2. The summed E-state index contributed by atoms with van der Waals surface area (Å²) in [5.74, 6) is -13.1. The van der Waals surface area contributed by atoms with Gasteiger partial charge >= 0.3 is 0 Å². The Morgan fingerprint density at radius 3 is 1.12 bits per heavy atom. The Kier molecular flexibility index (Phi) is 6.82. The average molecular weight is 454 g/mol. The first-order valence-corrected chi connectivity index (χ1v) is 8.71. The molecule has 0 spiro atoms. The van der Waals surface area contributed by atoms with E-state index in [4.69, 9.17) is 0 Å². The van der Waals surface area contributed by atoms with E-state index in [2.05, 4.69) is 9.97 Å². The number of hydrogen-bond donors (Lipinski definition) is 0. The van der Waals surface area contributed by atoms with Crippen LogP contribution in [0.15, 0.2) is 60.9 Å². The monoisotopic (exact) mass is 454 g/mol. The molecule has 4 rings (SSSR count). The number of aromatic nitrogens is 2. The minimum absolute atomic E-state index is 0.0396. The van der Waals surface area contributed by atoms with E-state index in [0.29, 0.717) is 12.1 Å². The molecule has 2 nitrogen and oxygen atoms in total. The first-order chi connectivity index (χ1) is 15.2. The van der Waals surface area contributed by atoms with Crippen molar-refractivity contribution in [3.05, 3.63) is 107 Å². The van der Waals surface area contributed by atoms with Gasteiger partial charge in [-0.15, -0.1) is 0 Å². The van der Waals surface area contributed by atoms with Gasteiger partial charge in [-0.05, 0) is 36.4 Å². The van der Waals surface area contributed by atoms with E-state index in [1.54, 1.807) is 12.1 Å². The fraction of sp³-hybridized carbons (Fsp3) is 0. The molecule has 0 saturated carbocycles. The molecule has 0 fully saturated rings. The highest BCUT2D eigenvalue weighted by molar-refractivity contribution is 5.60. The number of halogens is 8. The molecule has 0 aliphatic rings. The molecule has 2 aromatic heterocycles. The molecule has 0 saturated heterocycles. The summed E-state index contributed by atoms with van der Waals surface area (Å²) in [6.07, 6.45) is 2.68. The number of nitrogens with zero attached hydrogens (tertiary/aromatic N) is 2. The third-order valence-electron chi connectivity index (χ3n) is 4.09. The topological polar surface area (TPSA) is 25.8 Å². The molecule has 2 heterocycles.